The highest BCUT2D eigenvalue weighted by molar-refractivity contribution is 7.93. The van der Waals surface area contributed by atoms with Gasteiger partial charge in [0.2, 0.25) is 0 Å². The lowest BCUT2D eigenvalue weighted by molar-refractivity contribution is 1.74. The molecule has 0 N–H and O–H groups in total. The van der Waals surface area contributed by atoms with E-state index in [4.69, 9.17) is 12.6 Å². The zero-order valence-electron chi connectivity index (χ0n) is 23.5. The van der Waals surface area contributed by atoms with Gasteiger partial charge in [0, 0.05) is 0 Å². The van der Waals surface area contributed by atoms with Crippen LogP contribution in [0.4, 0.5) is 0 Å². The third-order valence-electron chi connectivity index (χ3n) is 8.48. The van der Waals surface area contributed by atoms with Crippen LogP contribution in [0.3, 0.4) is 0 Å². The van der Waals surface area contributed by atoms with Crippen molar-refractivity contribution >= 4 is 79.7 Å². The van der Waals surface area contributed by atoms with Gasteiger partial charge in [-0.25, -0.2) is 0 Å². The van der Waals surface area contributed by atoms with E-state index in [9.17, 15) is 0 Å². The van der Waals surface area contributed by atoms with E-state index in [2.05, 4.69) is 170 Å². The molecule has 0 aliphatic carbocycles. The van der Waals surface area contributed by atoms with Gasteiger partial charge in [0.25, 0.3) is 0 Å². The molecule has 0 unspecified atom stereocenters. The Morgan fingerprint density at radius 2 is 0.548 bits per heavy atom. The van der Waals surface area contributed by atoms with Gasteiger partial charge < -0.3 is 0 Å². The van der Waals surface area contributed by atoms with Crippen LogP contribution in [0.5, 0.6) is 0 Å². The van der Waals surface area contributed by atoms with Gasteiger partial charge >= 0.3 is 0 Å². The molecular formula is C40H32P2. The van der Waals surface area contributed by atoms with Crippen LogP contribution in [0, 0.1) is 0 Å². The SMILES string of the molecule is C=P(c1ccccc1)(c1ccccc1)c1ccc2ccc3ccc(P(=C)(c4ccccc4)c4ccccc4)cc3c2c1. The van der Waals surface area contributed by atoms with Gasteiger partial charge in [0.05, 0.1) is 0 Å². The molecule has 0 spiro atoms. The highest BCUT2D eigenvalue weighted by atomic mass is 31.2. The van der Waals surface area contributed by atoms with Crippen molar-refractivity contribution in [3.8, 4) is 0 Å². The van der Waals surface area contributed by atoms with Crippen LogP contribution in [-0.4, -0.2) is 12.6 Å². The summed E-state index contributed by atoms with van der Waals surface area (Å²) in [5.74, 6) is 0. The average Bonchev–Trinajstić information content (AvgIpc) is 3.08. The number of hydrogen-bond donors (Lipinski definition) is 0. The molecule has 7 rings (SSSR count). The summed E-state index contributed by atoms with van der Waals surface area (Å²) in [5.41, 5.74) is 0. The molecule has 0 heterocycles. The van der Waals surface area contributed by atoms with Gasteiger partial charge in [-0.05, 0) is 79.3 Å². The first-order chi connectivity index (χ1) is 20.6. The number of rotatable bonds is 6. The Kier molecular flexibility index (Phi) is 6.84. The maximum Gasteiger partial charge on any atom is -0.00986 e. The van der Waals surface area contributed by atoms with E-state index in [1.54, 1.807) is 0 Å². The molecule has 0 atom stereocenters. The van der Waals surface area contributed by atoms with E-state index in [-0.39, 0.29) is 0 Å². The van der Waals surface area contributed by atoms with E-state index in [1.165, 1.54) is 53.4 Å². The number of benzene rings is 7. The average molecular weight is 575 g/mol. The Bertz CT molecular complexity index is 1870. The summed E-state index contributed by atoms with van der Waals surface area (Å²) in [5, 5.41) is 12.7. The van der Waals surface area contributed by atoms with E-state index in [0.29, 0.717) is 0 Å². The van der Waals surface area contributed by atoms with Gasteiger partial charge in [-0.15, -0.1) is 0 Å². The number of fused-ring (bicyclic) bond motifs is 3. The second-order valence-corrected chi connectivity index (χ2v) is 17.2. The van der Waals surface area contributed by atoms with E-state index < -0.39 is 13.8 Å². The van der Waals surface area contributed by atoms with Crippen LogP contribution in [0.25, 0.3) is 21.5 Å². The first kappa shape index (κ1) is 26.6. The van der Waals surface area contributed by atoms with E-state index >= 15 is 0 Å². The summed E-state index contributed by atoms with van der Waals surface area (Å²) in [6.45, 7) is -4.21. The molecule has 0 saturated carbocycles. The minimum Gasteiger partial charge on any atom is -0.0887 e. The molecule has 0 radical (unpaired) electrons. The summed E-state index contributed by atoms with van der Waals surface area (Å²) < 4.78 is 0. The Balaban J connectivity index is 1.49. The lowest BCUT2D eigenvalue weighted by Gasteiger charge is -2.28. The molecule has 202 valence electrons. The fraction of sp³-hybridized carbons (Fsp3) is 0. The van der Waals surface area contributed by atoms with E-state index in [0.717, 1.165) is 0 Å². The zero-order chi connectivity index (χ0) is 28.6. The Labute approximate surface area is 248 Å². The van der Waals surface area contributed by atoms with Crippen molar-refractivity contribution in [2.24, 2.45) is 0 Å². The fourth-order valence-electron chi connectivity index (χ4n) is 6.12. The zero-order valence-corrected chi connectivity index (χ0v) is 25.3. The smallest absolute Gasteiger partial charge is 0.00986 e. The summed E-state index contributed by atoms with van der Waals surface area (Å²) in [6.07, 6.45) is 10.0. The molecule has 0 fully saturated rings. The predicted octanol–water partition coefficient (Wildman–Crippen LogP) is 7.44. The van der Waals surface area contributed by atoms with E-state index in [1.807, 2.05) is 0 Å². The molecule has 0 nitrogen and oxygen atoms in total. The monoisotopic (exact) mass is 574 g/mol. The predicted molar refractivity (Wildman–Crippen MR) is 193 cm³/mol. The van der Waals surface area contributed by atoms with Gasteiger partial charge in [-0.2, -0.15) is 0 Å². The van der Waals surface area contributed by atoms with Crippen LogP contribution < -0.4 is 31.8 Å². The van der Waals surface area contributed by atoms with Crippen LogP contribution in [0.15, 0.2) is 170 Å². The molecule has 0 bridgehead atoms. The van der Waals surface area contributed by atoms with Crippen LogP contribution in [-0.2, 0) is 0 Å². The summed E-state index contributed by atoms with van der Waals surface area (Å²) in [7, 11) is 0. The molecule has 42 heavy (non-hydrogen) atoms. The fourth-order valence-corrected chi connectivity index (χ4v) is 12.0. The first-order valence-electron chi connectivity index (χ1n) is 14.3. The summed E-state index contributed by atoms with van der Waals surface area (Å²) >= 11 is 0. The van der Waals surface area contributed by atoms with Crippen LogP contribution in [0.2, 0.25) is 0 Å². The van der Waals surface area contributed by atoms with Crippen molar-refractivity contribution in [1.29, 1.82) is 0 Å². The van der Waals surface area contributed by atoms with Gasteiger partial charge in [0.15, 0.2) is 0 Å². The standard InChI is InChI=1S/C40H32P2/c1-41(33-15-7-3-8-16-33,34-17-9-4-10-18-34)37-27-25-31-23-24-32-26-28-38(30-40(32)39(31)29-37)42(2,35-19-11-5-12-20-35)36-21-13-6-14-22-36/h3-30H,1-2H2. The molecule has 0 aliphatic rings. The molecule has 0 aliphatic heterocycles. The van der Waals surface area contributed by atoms with Gasteiger partial charge in [-0.3, -0.25) is 0 Å². The molecular weight excluding hydrogens is 542 g/mol. The normalized spacial score (nSPS) is 12.0. The molecule has 0 aromatic heterocycles. The minimum absolute atomic E-state index is 1.24. The second kappa shape index (κ2) is 10.8. The minimum atomic E-state index is -2.10. The Hall–Kier alpha value is -4.34. The lowest BCUT2D eigenvalue weighted by Crippen LogP contribution is -2.25. The van der Waals surface area contributed by atoms with Crippen molar-refractivity contribution < 1.29 is 0 Å². The molecule has 0 saturated heterocycles. The van der Waals surface area contributed by atoms with Crippen molar-refractivity contribution in [3.05, 3.63) is 170 Å². The highest BCUT2D eigenvalue weighted by Crippen LogP contribution is 2.44. The first-order valence-corrected chi connectivity index (χ1v) is 18.2. The summed E-state index contributed by atoms with van der Waals surface area (Å²) in [6, 6.07) is 61.8. The third kappa shape index (κ3) is 4.40. The maximum absolute atomic E-state index is 5.01. The van der Waals surface area contributed by atoms with Crippen LogP contribution >= 0.6 is 13.8 Å². The Morgan fingerprint density at radius 3 is 0.833 bits per heavy atom. The molecule has 7 aromatic carbocycles. The van der Waals surface area contributed by atoms with Gasteiger partial charge in [0.1, 0.15) is 0 Å². The molecule has 0 amide bonds. The van der Waals surface area contributed by atoms with Crippen LogP contribution in [0.1, 0.15) is 0 Å². The summed E-state index contributed by atoms with van der Waals surface area (Å²) in [4.78, 5) is 0. The van der Waals surface area contributed by atoms with Crippen molar-refractivity contribution in [2.45, 2.75) is 0 Å². The van der Waals surface area contributed by atoms with Gasteiger partial charge in [-0.1, -0.05) is 170 Å². The number of hydrogen-bond acceptors (Lipinski definition) is 0. The Morgan fingerprint density at radius 1 is 0.286 bits per heavy atom. The lowest BCUT2D eigenvalue weighted by atomic mass is 10.0. The molecule has 7 aromatic rings. The quantitative estimate of drug-likeness (QED) is 0.143. The second-order valence-electron chi connectivity index (χ2n) is 10.8. The topological polar surface area (TPSA) is 0 Å². The molecule has 2 heteroatoms. The largest absolute Gasteiger partial charge is 0.0887 e. The van der Waals surface area contributed by atoms with Crippen molar-refractivity contribution in [3.63, 3.8) is 0 Å². The third-order valence-corrected chi connectivity index (χ3v) is 15.5. The van der Waals surface area contributed by atoms with Crippen molar-refractivity contribution in [1.82, 2.24) is 0 Å². The van der Waals surface area contributed by atoms with Crippen molar-refractivity contribution in [2.75, 3.05) is 0 Å². The maximum atomic E-state index is 5.01. The highest BCUT2D eigenvalue weighted by Gasteiger charge is 2.24.